The van der Waals surface area contributed by atoms with Crippen molar-refractivity contribution in [2.24, 2.45) is 0 Å². The van der Waals surface area contributed by atoms with Crippen LogP contribution >= 0.6 is 0 Å². The molecule has 0 fully saturated rings. The lowest BCUT2D eigenvalue weighted by atomic mass is 10.2. The molecule has 0 unspecified atom stereocenters. The van der Waals surface area contributed by atoms with Crippen molar-refractivity contribution < 1.29 is 18.6 Å². The molecule has 1 aromatic carbocycles. The number of nitrogens with zero attached hydrogens (tertiary/aromatic N) is 1. The molecule has 0 radical (unpaired) electrons. The smallest absolute Gasteiger partial charge is 0.347 e. The van der Waals surface area contributed by atoms with Gasteiger partial charge in [0.1, 0.15) is 5.52 Å². The summed E-state index contributed by atoms with van der Waals surface area (Å²) in [6.45, 7) is 1.59. The van der Waals surface area contributed by atoms with Crippen molar-refractivity contribution in [2.45, 2.75) is 6.92 Å². The molecule has 0 atom stereocenters. The van der Waals surface area contributed by atoms with Gasteiger partial charge in [-0.3, -0.25) is 0 Å². The van der Waals surface area contributed by atoms with Gasteiger partial charge in [-0.2, -0.15) is 0 Å². The summed E-state index contributed by atoms with van der Waals surface area (Å²) in [5, 5.41) is 0.287. The van der Waals surface area contributed by atoms with Crippen molar-refractivity contribution in [3.8, 4) is 17.2 Å². The maximum atomic E-state index is 11.8. The van der Waals surface area contributed by atoms with Gasteiger partial charge < -0.3 is 18.6 Å². The van der Waals surface area contributed by atoms with Gasteiger partial charge in [-0.05, 0) is 0 Å². The van der Waals surface area contributed by atoms with E-state index in [1.807, 2.05) is 0 Å². The average molecular weight is 251 g/mol. The van der Waals surface area contributed by atoms with Crippen LogP contribution in [0.2, 0.25) is 0 Å². The van der Waals surface area contributed by atoms with E-state index in [9.17, 15) is 4.79 Å². The summed E-state index contributed by atoms with van der Waals surface area (Å²) in [5.41, 5.74) is -0.0966. The first kappa shape index (κ1) is 12.2. The number of benzene rings is 1. The van der Waals surface area contributed by atoms with Gasteiger partial charge in [0.25, 0.3) is 0 Å². The molecular weight excluding hydrogens is 238 g/mol. The monoisotopic (exact) mass is 251 g/mol. The minimum absolute atomic E-state index is 0.262. The highest BCUT2D eigenvalue weighted by Gasteiger charge is 2.19. The minimum atomic E-state index is -0.489. The van der Waals surface area contributed by atoms with E-state index in [1.54, 1.807) is 6.92 Å². The molecule has 0 N–H and O–H groups in total. The molecule has 0 aliphatic rings. The Morgan fingerprint density at radius 2 is 1.78 bits per heavy atom. The van der Waals surface area contributed by atoms with Gasteiger partial charge in [0.15, 0.2) is 17.4 Å². The minimum Gasteiger partial charge on any atom is -0.493 e. The number of rotatable bonds is 3. The van der Waals surface area contributed by atoms with Crippen LogP contribution in [0.4, 0.5) is 0 Å². The van der Waals surface area contributed by atoms with Crippen molar-refractivity contribution in [3.05, 3.63) is 22.4 Å². The highest BCUT2D eigenvalue weighted by atomic mass is 16.5. The van der Waals surface area contributed by atoms with Crippen molar-refractivity contribution in [2.75, 3.05) is 21.3 Å². The van der Waals surface area contributed by atoms with Crippen LogP contribution < -0.4 is 19.8 Å². The Hall–Kier alpha value is -2.24. The Labute approximate surface area is 103 Å². The molecule has 0 amide bonds. The summed E-state index contributed by atoms with van der Waals surface area (Å²) in [7, 11) is 4.44. The van der Waals surface area contributed by atoms with E-state index < -0.39 is 5.63 Å². The number of fused-ring (bicyclic) bond motifs is 1. The fraction of sp³-hybridized carbons (Fsp3) is 0.333. The first-order valence-corrected chi connectivity index (χ1v) is 5.22. The van der Waals surface area contributed by atoms with Crippen LogP contribution in [0.5, 0.6) is 17.2 Å². The summed E-state index contributed by atoms with van der Waals surface area (Å²) in [6, 6.07) is 1.52. The Morgan fingerprint density at radius 1 is 1.11 bits per heavy atom. The molecule has 2 rings (SSSR count). The Kier molecular flexibility index (Phi) is 3.10. The zero-order chi connectivity index (χ0) is 13.3. The third kappa shape index (κ3) is 1.75. The van der Waals surface area contributed by atoms with E-state index in [0.29, 0.717) is 22.8 Å². The second kappa shape index (κ2) is 4.56. The molecule has 18 heavy (non-hydrogen) atoms. The average Bonchev–Trinajstić information content (AvgIpc) is 2.36. The quantitative estimate of drug-likeness (QED) is 0.823. The van der Waals surface area contributed by atoms with E-state index in [4.69, 9.17) is 18.6 Å². The zero-order valence-corrected chi connectivity index (χ0v) is 10.6. The summed E-state index contributed by atoms with van der Waals surface area (Å²) >= 11 is 0. The van der Waals surface area contributed by atoms with Crippen molar-refractivity contribution in [3.63, 3.8) is 0 Å². The summed E-state index contributed by atoms with van der Waals surface area (Å²) < 4.78 is 20.6. The van der Waals surface area contributed by atoms with Crippen LogP contribution in [-0.4, -0.2) is 26.3 Å². The van der Waals surface area contributed by atoms with E-state index in [-0.39, 0.29) is 11.3 Å². The molecule has 0 saturated carbocycles. The van der Waals surface area contributed by atoms with Gasteiger partial charge in [-0.1, -0.05) is 0 Å². The SMILES string of the molecule is COc1cc2c(=O)oc(C)nc2c(OC)c1OC. The Bertz CT molecular complexity index is 647. The van der Waals surface area contributed by atoms with Crippen LogP contribution in [0.3, 0.4) is 0 Å². The molecule has 0 aliphatic carbocycles. The highest BCUT2D eigenvalue weighted by molar-refractivity contribution is 5.88. The van der Waals surface area contributed by atoms with Crippen LogP contribution in [-0.2, 0) is 0 Å². The molecule has 1 aromatic heterocycles. The van der Waals surface area contributed by atoms with E-state index >= 15 is 0 Å². The number of ether oxygens (including phenoxy) is 3. The second-order valence-electron chi connectivity index (χ2n) is 3.56. The van der Waals surface area contributed by atoms with Crippen molar-refractivity contribution in [1.29, 1.82) is 0 Å². The molecule has 6 nitrogen and oxygen atoms in total. The number of hydrogen-bond acceptors (Lipinski definition) is 6. The van der Waals surface area contributed by atoms with Crippen LogP contribution in [0.25, 0.3) is 10.9 Å². The molecule has 0 saturated heterocycles. The normalized spacial score (nSPS) is 10.4. The van der Waals surface area contributed by atoms with Crippen molar-refractivity contribution >= 4 is 10.9 Å². The molecule has 0 spiro atoms. The van der Waals surface area contributed by atoms with Gasteiger partial charge >= 0.3 is 5.63 Å². The van der Waals surface area contributed by atoms with Gasteiger partial charge in [0, 0.05) is 13.0 Å². The number of aromatic nitrogens is 1. The standard InChI is InChI=1S/C12H13NO5/c1-6-13-9-7(12(14)18-6)5-8(15-2)10(16-3)11(9)17-4/h5H,1-4H3. The third-order valence-corrected chi connectivity index (χ3v) is 2.53. The van der Waals surface area contributed by atoms with Gasteiger partial charge in [0.2, 0.25) is 5.75 Å². The predicted molar refractivity (Wildman–Crippen MR) is 64.7 cm³/mol. The molecule has 6 heteroatoms. The number of hydrogen-bond donors (Lipinski definition) is 0. The lowest BCUT2D eigenvalue weighted by Gasteiger charge is -2.13. The summed E-state index contributed by atoms with van der Waals surface area (Å²) in [5.74, 6) is 1.39. The molecule has 1 heterocycles. The number of aryl methyl sites for hydroxylation is 1. The highest BCUT2D eigenvalue weighted by Crippen LogP contribution is 2.41. The molecule has 0 bridgehead atoms. The second-order valence-corrected chi connectivity index (χ2v) is 3.56. The molecule has 96 valence electrons. The third-order valence-electron chi connectivity index (χ3n) is 2.53. The molecule has 0 aliphatic heterocycles. The van der Waals surface area contributed by atoms with Gasteiger partial charge in [0.05, 0.1) is 26.7 Å². The summed E-state index contributed by atoms with van der Waals surface area (Å²) in [4.78, 5) is 15.9. The molecular formula is C12H13NO5. The van der Waals surface area contributed by atoms with Gasteiger partial charge in [-0.25, -0.2) is 9.78 Å². The van der Waals surface area contributed by atoms with Crippen LogP contribution in [0, 0.1) is 6.92 Å². The maximum absolute atomic E-state index is 11.8. The van der Waals surface area contributed by atoms with Crippen LogP contribution in [0.1, 0.15) is 5.89 Å². The fourth-order valence-corrected chi connectivity index (χ4v) is 1.78. The Balaban J connectivity index is 2.97. The van der Waals surface area contributed by atoms with Crippen LogP contribution in [0.15, 0.2) is 15.3 Å². The largest absolute Gasteiger partial charge is 0.493 e. The maximum Gasteiger partial charge on any atom is 0.347 e. The lowest BCUT2D eigenvalue weighted by Crippen LogP contribution is -2.06. The van der Waals surface area contributed by atoms with Crippen molar-refractivity contribution in [1.82, 2.24) is 4.98 Å². The summed E-state index contributed by atoms with van der Waals surface area (Å²) in [6.07, 6.45) is 0. The predicted octanol–water partition coefficient (Wildman–Crippen LogP) is 1.52. The zero-order valence-electron chi connectivity index (χ0n) is 10.6. The molecule has 2 aromatic rings. The van der Waals surface area contributed by atoms with E-state index in [2.05, 4.69) is 4.98 Å². The first-order chi connectivity index (χ1) is 8.62. The number of methoxy groups -OCH3 is 3. The Morgan fingerprint density at radius 3 is 2.33 bits per heavy atom. The van der Waals surface area contributed by atoms with E-state index in [1.165, 1.54) is 27.4 Å². The topological polar surface area (TPSA) is 70.8 Å². The van der Waals surface area contributed by atoms with E-state index in [0.717, 1.165) is 0 Å². The van der Waals surface area contributed by atoms with Gasteiger partial charge in [-0.15, -0.1) is 0 Å². The first-order valence-electron chi connectivity index (χ1n) is 5.22. The fourth-order valence-electron chi connectivity index (χ4n) is 1.78. The lowest BCUT2D eigenvalue weighted by molar-refractivity contribution is 0.326.